The SMILES string of the molecule is O=C(NCC1(O)CCOC1)c1cccc2c1CCCN2. The van der Waals surface area contributed by atoms with Crippen LogP contribution >= 0.6 is 0 Å². The molecule has 1 aromatic rings. The topological polar surface area (TPSA) is 70.6 Å². The number of amides is 1. The van der Waals surface area contributed by atoms with Gasteiger partial charge in [0.1, 0.15) is 5.60 Å². The van der Waals surface area contributed by atoms with Crippen molar-refractivity contribution < 1.29 is 14.6 Å². The van der Waals surface area contributed by atoms with Gasteiger partial charge in [0.15, 0.2) is 0 Å². The van der Waals surface area contributed by atoms with E-state index in [2.05, 4.69) is 10.6 Å². The minimum Gasteiger partial charge on any atom is -0.386 e. The van der Waals surface area contributed by atoms with Crippen molar-refractivity contribution >= 4 is 11.6 Å². The molecule has 0 bridgehead atoms. The second-order valence-corrected chi connectivity index (χ2v) is 5.57. The molecule has 0 radical (unpaired) electrons. The molecule has 3 rings (SSSR count). The van der Waals surface area contributed by atoms with Gasteiger partial charge in [0.05, 0.1) is 6.61 Å². The largest absolute Gasteiger partial charge is 0.386 e. The smallest absolute Gasteiger partial charge is 0.251 e. The molecule has 1 saturated heterocycles. The van der Waals surface area contributed by atoms with Crippen molar-refractivity contribution in [1.82, 2.24) is 5.32 Å². The molecule has 1 fully saturated rings. The maximum Gasteiger partial charge on any atom is 0.251 e. The van der Waals surface area contributed by atoms with Crippen molar-refractivity contribution in [3.63, 3.8) is 0 Å². The highest BCUT2D eigenvalue weighted by atomic mass is 16.5. The Bertz CT molecular complexity index is 510. The average Bonchev–Trinajstić information content (AvgIpc) is 2.91. The van der Waals surface area contributed by atoms with E-state index < -0.39 is 5.60 Å². The number of hydrogen-bond donors (Lipinski definition) is 3. The van der Waals surface area contributed by atoms with E-state index in [4.69, 9.17) is 4.74 Å². The van der Waals surface area contributed by atoms with Gasteiger partial charge in [0.25, 0.3) is 5.91 Å². The zero-order valence-corrected chi connectivity index (χ0v) is 11.4. The van der Waals surface area contributed by atoms with Gasteiger partial charge in [-0.15, -0.1) is 0 Å². The summed E-state index contributed by atoms with van der Waals surface area (Å²) >= 11 is 0. The molecular formula is C15H20N2O3. The van der Waals surface area contributed by atoms with Crippen molar-refractivity contribution in [3.05, 3.63) is 29.3 Å². The molecule has 1 amide bonds. The lowest BCUT2D eigenvalue weighted by atomic mass is 9.96. The van der Waals surface area contributed by atoms with Crippen LogP contribution in [0.15, 0.2) is 18.2 Å². The highest BCUT2D eigenvalue weighted by Crippen LogP contribution is 2.25. The maximum absolute atomic E-state index is 12.3. The summed E-state index contributed by atoms with van der Waals surface area (Å²) in [6.07, 6.45) is 2.52. The summed E-state index contributed by atoms with van der Waals surface area (Å²) in [5.41, 5.74) is 1.91. The van der Waals surface area contributed by atoms with Crippen LogP contribution in [-0.2, 0) is 11.2 Å². The minimum absolute atomic E-state index is 0.120. The molecule has 1 unspecified atom stereocenters. The Hall–Kier alpha value is -1.59. The first-order valence-corrected chi connectivity index (χ1v) is 7.12. The lowest BCUT2D eigenvalue weighted by Gasteiger charge is -2.23. The van der Waals surface area contributed by atoms with Gasteiger partial charge in [0.2, 0.25) is 0 Å². The molecule has 1 aromatic carbocycles. The average molecular weight is 276 g/mol. The Kier molecular flexibility index (Phi) is 3.63. The molecule has 1 atom stereocenters. The summed E-state index contributed by atoms with van der Waals surface area (Å²) in [6, 6.07) is 5.74. The fraction of sp³-hybridized carbons (Fsp3) is 0.533. The molecular weight excluding hydrogens is 256 g/mol. The highest BCUT2D eigenvalue weighted by molar-refractivity contribution is 5.97. The molecule has 5 nitrogen and oxygen atoms in total. The Morgan fingerprint density at radius 2 is 2.40 bits per heavy atom. The lowest BCUT2D eigenvalue weighted by Crippen LogP contribution is -2.43. The molecule has 3 N–H and O–H groups in total. The molecule has 0 aromatic heterocycles. The number of aliphatic hydroxyl groups is 1. The van der Waals surface area contributed by atoms with Crippen LogP contribution in [0.5, 0.6) is 0 Å². The molecule has 2 aliphatic heterocycles. The van der Waals surface area contributed by atoms with E-state index in [-0.39, 0.29) is 12.5 Å². The van der Waals surface area contributed by atoms with Crippen LogP contribution in [0.25, 0.3) is 0 Å². The van der Waals surface area contributed by atoms with Gasteiger partial charge in [0, 0.05) is 37.4 Å². The van der Waals surface area contributed by atoms with E-state index in [1.807, 2.05) is 18.2 Å². The predicted molar refractivity (Wildman–Crippen MR) is 76.0 cm³/mol. The molecule has 20 heavy (non-hydrogen) atoms. The number of fused-ring (bicyclic) bond motifs is 1. The van der Waals surface area contributed by atoms with Crippen molar-refractivity contribution in [3.8, 4) is 0 Å². The lowest BCUT2D eigenvalue weighted by molar-refractivity contribution is 0.0264. The van der Waals surface area contributed by atoms with Crippen LogP contribution < -0.4 is 10.6 Å². The molecule has 0 aliphatic carbocycles. The van der Waals surface area contributed by atoms with E-state index >= 15 is 0 Å². The Balaban J connectivity index is 1.71. The van der Waals surface area contributed by atoms with E-state index in [0.717, 1.165) is 30.6 Å². The molecule has 0 saturated carbocycles. The van der Waals surface area contributed by atoms with Crippen molar-refractivity contribution in [1.29, 1.82) is 0 Å². The number of nitrogens with one attached hydrogen (secondary N) is 2. The third-order valence-electron chi connectivity index (χ3n) is 4.00. The summed E-state index contributed by atoms with van der Waals surface area (Å²) in [4.78, 5) is 12.3. The number of ether oxygens (including phenoxy) is 1. The van der Waals surface area contributed by atoms with Crippen LogP contribution in [0, 0.1) is 0 Å². The third-order valence-corrected chi connectivity index (χ3v) is 4.00. The Morgan fingerprint density at radius 3 is 3.20 bits per heavy atom. The molecule has 0 spiro atoms. The third kappa shape index (κ3) is 2.64. The van der Waals surface area contributed by atoms with Crippen LogP contribution in [0.3, 0.4) is 0 Å². The van der Waals surface area contributed by atoms with E-state index in [1.165, 1.54) is 0 Å². The van der Waals surface area contributed by atoms with Crippen molar-refractivity contribution in [2.75, 3.05) is 31.6 Å². The first-order chi connectivity index (χ1) is 9.68. The quantitative estimate of drug-likeness (QED) is 0.768. The van der Waals surface area contributed by atoms with Gasteiger partial charge in [-0.3, -0.25) is 4.79 Å². The van der Waals surface area contributed by atoms with E-state index in [0.29, 0.717) is 25.2 Å². The minimum atomic E-state index is -0.914. The van der Waals surface area contributed by atoms with Gasteiger partial charge >= 0.3 is 0 Å². The van der Waals surface area contributed by atoms with Crippen molar-refractivity contribution in [2.45, 2.75) is 24.9 Å². The monoisotopic (exact) mass is 276 g/mol. The number of anilines is 1. The fourth-order valence-electron chi connectivity index (χ4n) is 2.80. The van der Waals surface area contributed by atoms with Gasteiger partial charge in [-0.1, -0.05) is 6.07 Å². The van der Waals surface area contributed by atoms with Crippen molar-refractivity contribution in [2.24, 2.45) is 0 Å². The summed E-state index contributed by atoms with van der Waals surface area (Å²) in [6.45, 7) is 2.04. The van der Waals surface area contributed by atoms with Gasteiger partial charge in [-0.2, -0.15) is 0 Å². The second-order valence-electron chi connectivity index (χ2n) is 5.57. The molecule has 5 heteroatoms. The van der Waals surface area contributed by atoms with Crippen LogP contribution in [0.2, 0.25) is 0 Å². The fourth-order valence-corrected chi connectivity index (χ4v) is 2.80. The maximum atomic E-state index is 12.3. The zero-order chi connectivity index (χ0) is 14.0. The Labute approximate surface area is 118 Å². The Morgan fingerprint density at radius 1 is 1.50 bits per heavy atom. The number of hydrogen-bond acceptors (Lipinski definition) is 4. The second kappa shape index (κ2) is 5.42. The number of carbonyl (C=O) groups excluding carboxylic acids is 1. The van der Waals surface area contributed by atoms with E-state index in [9.17, 15) is 9.90 Å². The molecule has 108 valence electrons. The number of rotatable bonds is 3. The van der Waals surface area contributed by atoms with Crippen LogP contribution in [0.4, 0.5) is 5.69 Å². The first kappa shape index (κ1) is 13.4. The van der Waals surface area contributed by atoms with Crippen LogP contribution in [-0.4, -0.2) is 42.9 Å². The predicted octanol–water partition coefficient (Wildman–Crippen LogP) is 0.926. The normalized spacial score (nSPS) is 24.9. The number of benzene rings is 1. The number of carbonyl (C=O) groups is 1. The summed E-state index contributed by atoms with van der Waals surface area (Å²) in [5.74, 6) is -0.120. The zero-order valence-electron chi connectivity index (χ0n) is 11.4. The van der Waals surface area contributed by atoms with Crippen LogP contribution in [0.1, 0.15) is 28.8 Å². The molecule has 2 heterocycles. The summed E-state index contributed by atoms with van der Waals surface area (Å²) < 4.78 is 5.18. The first-order valence-electron chi connectivity index (χ1n) is 7.12. The van der Waals surface area contributed by atoms with E-state index in [1.54, 1.807) is 0 Å². The van der Waals surface area contributed by atoms with Gasteiger partial charge < -0.3 is 20.5 Å². The molecule has 2 aliphatic rings. The van der Waals surface area contributed by atoms with Gasteiger partial charge in [-0.05, 0) is 30.5 Å². The highest BCUT2D eigenvalue weighted by Gasteiger charge is 2.32. The summed E-state index contributed by atoms with van der Waals surface area (Å²) in [7, 11) is 0. The standard InChI is InChI=1S/C15H20N2O3/c18-14(17-9-15(19)6-8-20-10-15)12-3-1-5-13-11(12)4-2-7-16-13/h1,3,5,16,19H,2,4,6-10H2,(H,17,18). The summed E-state index contributed by atoms with van der Waals surface area (Å²) in [5, 5.41) is 16.3. The van der Waals surface area contributed by atoms with Gasteiger partial charge in [-0.25, -0.2) is 0 Å².